The molecule has 0 aliphatic carbocycles. The summed E-state index contributed by atoms with van der Waals surface area (Å²) in [5.74, 6) is -0.200. The van der Waals surface area contributed by atoms with Gasteiger partial charge in [0.15, 0.2) is 0 Å². The van der Waals surface area contributed by atoms with E-state index >= 15 is 0 Å². The van der Waals surface area contributed by atoms with Crippen LogP contribution in [0.15, 0.2) is 60.4 Å². The van der Waals surface area contributed by atoms with Crippen molar-refractivity contribution >= 4 is 11.6 Å². The molecule has 1 amide bonds. The van der Waals surface area contributed by atoms with Crippen LogP contribution in [0.1, 0.15) is 10.4 Å². The molecule has 0 spiro atoms. The van der Waals surface area contributed by atoms with Crippen molar-refractivity contribution in [3.05, 3.63) is 71.8 Å². The van der Waals surface area contributed by atoms with Gasteiger partial charge in [-0.3, -0.25) is 4.79 Å². The fraction of sp³-hybridized carbons (Fsp3) is 0.118. The molecule has 0 aliphatic rings. The van der Waals surface area contributed by atoms with E-state index in [1.807, 2.05) is 0 Å². The maximum Gasteiger partial charge on any atom is 0.255 e. The minimum Gasteiger partial charge on any atom is -0.489 e. The summed E-state index contributed by atoms with van der Waals surface area (Å²) in [6.07, 6.45) is 0.421. The Bertz CT molecular complexity index is 683. The van der Waals surface area contributed by atoms with Crippen LogP contribution in [-0.4, -0.2) is 19.1 Å². The number of ether oxygens (including phenoxy) is 1. The first kappa shape index (κ1) is 16.6. The van der Waals surface area contributed by atoms with E-state index < -0.39 is 0 Å². The van der Waals surface area contributed by atoms with Gasteiger partial charge in [0.1, 0.15) is 18.2 Å². The lowest BCUT2D eigenvalue weighted by Gasteiger charge is -2.08. The summed E-state index contributed by atoms with van der Waals surface area (Å²) < 4.78 is 30.5. The highest BCUT2D eigenvalue weighted by atomic mass is 19.1. The van der Waals surface area contributed by atoms with E-state index in [-0.39, 0.29) is 24.9 Å². The number of rotatable bonds is 6. The Morgan fingerprint density at radius 1 is 1.13 bits per heavy atom. The number of carbonyl (C=O) groups is 1. The first-order valence-corrected chi connectivity index (χ1v) is 6.90. The summed E-state index contributed by atoms with van der Waals surface area (Å²) >= 11 is 0. The zero-order valence-electron chi connectivity index (χ0n) is 12.3. The van der Waals surface area contributed by atoms with Crippen LogP contribution in [0.25, 0.3) is 0 Å². The monoisotopic (exact) mass is 318 g/mol. The van der Waals surface area contributed by atoms with Crippen molar-refractivity contribution in [2.75, 3.05) is 18.5 Å². The topological polar surface area (TPSA) is 64.3 Å². The second-order valence-corrected chi connectivity index (χ2v) is 4.75. The molecule has 0 atom stereocenters. The number of halogens is 2. The lowest BCUT2D eigenvalue weighted by atomic mass is 10.2. The summed E-state index contributed by atoms with van der Waals surface area (Å²) in [6.45, 7) is 0.128. The van der Waals surface area contributed by atoms with Crippen molar-refractivity contribution < 1.29 is 18.3 Å². The van der Waals surface area contributed by atoms with E-state index in [0.29, 0.717) is 28.9 Å². The Kier molecular flexibility index (Phi) is 5.82. The third kappa shape index (κ3) is 4.89. The molecule has 0 saturated heterocycles. The lowest BCUT2D eigenvalue weighted by Crippen LogP contribution is -2.12. The zero-order valence-corrected chi connectivity index (χ0v) is 12.3. The molecule has 6 heteroatoms. The van der Waals surface area contributed by atoms with Gasteiger partial charge in [0, 0.05) is 23.4 Å². The van der Waals surface area contributed by atoms with Crippen molar-refractivity contribution in [2.24, 2.45) is 5.73 Å². The van der Waals surface area contributed by atoms with Crippen LogP contribution in [0, 0.1) is 5.82 Å². The van der Waals surface area contributed by atoms with Gasteiger partial charge in [-0.15, -0.1) is 0 Å². The summed E-state index contributed by atoms with van der Waals surface area (Å²) in [6, 6.07) is 11.8. The molecule has 2 rings (SSSR count). The minimum absolute atomic E-state index is 0.0497. The molecule has 0 aromatic heterocycles. The highest BCUT2D eigenvalue weighted by molar-refractivity contribution is 6.04. The Labute approximate surface area is 132 Å². The average Bonchev–Trinajstić information content (AvgIpc) is 2.58. The molecule has 0 heterocycles. The van der Waals surface area contributed by atoms with Crippen molar-refractivity contribution in [3.8, 4) is 5.75 Å². The Morgan fingerprint density at radius 3 is 2.35 bits per heavy atom. The number of benzene rings is 2. The SMILES string of the molecule is NCC(=CF)COc1ccc(C(=O)Nc2ccc(F)cc2)cc1. The molecule has 120 valence electrons. The number of hydrogen-bond donors (Lipinski definition) is 2. The number of carbonyl (C=O) groups excluding carboxylic acids is 1. The highest BCUT2D eigenvalue weighted by Gasteiger charge is 2.07. The van der Waals surface area contributed by atoms with Crippen LogP contribution < -0.4 is 15.8 Å². The van der Waals surface area contributed by atoms with Gasteiger partial charge in [0.05, 0.1) is 6.33 Å². The molecular formula is C17H16F2N2O2. The van der Waals surface area contributed by atoms with Gasteiger partial charge in [0.25, 0.3) is 5.91 Å². The van der Waals surface area contributed by atoms with Crippen molar-refractivity contribution in [2.45, 2.75) is 0 Å². The highest BCUT2D eigenvalue weighted by Crippen LogP contribution is 2.15. The van der Waals surface area contributed by atoms with Gasteiger partial charge in [0.2, 0.25) is 0 Å². The molecule has 4 nitrogen and oxygen atoms in total. The normalized spacial score (nSPS) is 11.2. The van der Waals surface area contributed by atoms with Crippen LogP contribution in [0.3, 0.4) is 0 Å². The van der Waals surface area contributed by atoms with Gasteiger partial charge in [-0.05, 0) is 48.5 Å². The van der Waals surface area contributed by atoms with Crippen molar-refractivity contribution in [1.82, 2.24) is 0 Å². The van der Waals surface area contributed by atoms with Gasteiger partial charge in [-0.1, -0.05) is 0 Å². The predicted octanol–water partition coefficient (Wildman–Crippen LogP) is 3.27. The first-order valence-electron chi connectivity index (χ1n) is 6.90. The summed E-state index contributed by atoms with van der Waals surface area (Å²) in [5.41, 5.74) is 6.58. The van der Waals surface area contributed by atoms with Gasteiger partial charge >= 0.3 is 0 Å². The lowest BCUT2D eigenvalue weighted by molar-refractivity contribution is 0.102. The van der Waals surface area contributed by atoms with Crippen LogP contribution >= 0.6 is 0 Å². The maximum absolute atomic E-state index is 12.8. The second kappa shape index (κ2) is 8.05. The van der Waals surface area contributed by atoms with Crippen LogP contribution in [-0.2, 0) is 0 Å². The summed E-state index contributed by atoms with van der Waals surface area (Å²) in [5, 5.41) is 2.65. The van der Waals surface area contributed by atoms with Crippen molar-refractivity contribution in [3.63, 3.8) is 0 Å². The van der Waals surface area contributed by atoms with Crippen molar-refractivity contribution in [1.29, 1.82) is 0 Å². The fourth-order valence-electron chi connectivity index (χ4n) is 1.75. The number of nitrogens with two attached hydrogens (primary N) is 1. The van der Waals surface area contributed by atoms with E-state index in [2.05, 4.69) is 5.32 Å². The van der Waals surface area contributed by atoms with Gasteiger partial charge in [-0.2, -0.15) is 0 Å². The van der Waals surface area contributed by atoms with E-state index in [1.165, 1.54) is 24.3 Å². The molecule has 2 aromatic carbocycles. The number of hydrogen-bond acceptors (Lipinski definition) is 3. The zero-order chi connectivity index (χ0) is 16.7. The smallest absolute Gasteiger partial charge is 0.255 e. The quantitative estimate of drug-likeness (QED) is 0.859. The molecule has 0 fully saturated rings. The van der Waals surface area contributed by atoms with Gasteiger partial charge in [-0.25, -0.2) is 8.78 Å². The minimum atomic E-state index is -0.372. The predicted molar refractivity (Wildman–Crippen MR) is 84.5 cm³/mol. The fourth-order valence-corrected chi connectivity index (χ4v) is 1.75. The second-order valence-electron chi connectivity index (χ2n) is 4.75. The molecule has 23 heavy (non-hydrogen) atoms. The molecule has 3 N–H and O–H groups in total. The Hall–Kier alpha value is -2.73. The molecule has 0 radical (unpaired) electrons. The average molecular weight is 318 g/mol. The number of anilines is 1. The largest absolute Gasteiger partial charge is 0.489 e. The Balaban J connectivity index is 1.95. The third-order valence-electron chi connectivity index (χ3n) is 3.06. The van der Waals surface area contributed by atoms with E-state index in [9.17, 15) is 13.6 Å². The molecule has 0 unspecified atom stereocenters. The molecule has 2 aromatic rings. The van der Waals surface area contributed by atoms with Crippen LogP contribution in [0.5, 0.6) is 5.75 Å². The summed E-state index contributed by atoms with van der Waals surface area (Å²) in [7, 11) is 0. The maximum atomic E-state index is 12.8. The van der Waals surface area contributed by atoms with Crippen LogP contribution in [0.2, 0.25) is 0 Å². The van der Waals surface area contributed by atoms with Gasteiger partial charge < -0.3 is 15.8 Å². The first-order chi connectivity index (χ1) is 11.1. The third-order valence-corrected chi connectivity index (χ3v) is 3.06. The Morgan fingerprint density at radius 2 is 1.78 bits per heavy atom. The summed E-state index contributed by atoms with van der Waals surface area (Å²) in [4.78, 5) is 12.0. The number of amides is 1. The molecule has 0 saturated carbocycles. The standard InChI is InChI=1S/C17H16F2N2O2/c18-9-12(10-20)11-23-16-7-1-13(2-8-16)17(22)21-15-5-3-14(19)4-6-15/h1-9H,10-11,20H2,(H,21,22). The van der Waals surface area contributed by atoms with E-state index in [4.69, 9.17) is 10.5 Å². The number of nitrogens with one attached hydrogen (secondary N) is 1. The van der Waals surface area contributed by atoms with E-state index in [1.54, 1.807) is 24.3 Å². The molecule has 0 bridgehead atoms. The van der Waals surface area contributed by atoms with Crippen LogP contribution in [0.4, 0.5) is 14.5 Å². The molecular weight excluding hydrogens is 302 g/mol. The molecule has 0 aliphatic heterocycles. The van der Waals surface area contributed by atoms with E-state index in [0.717, 1.165) is 0 Å².